The van der Waals surface area contributed by atoms with Gasteiger partial charge in [-0.2, -0.15) is 13.1 Å². The first-order valence-corrected chi connectivity index (χ1v) is 10.3. The average molecular weight is 428 g/mol. The van der Waals surface area contributed by atoms with Crippen molar-refractivity contribution in [2.45, 2.75) is 22.5 Å². The normalized spacial score (nSPS) is 11.6. The highest BCUT2D eigenvalue weighted by Gasteiger charge is 2.23. The molecule has 0 aromatic heterocycles. The van der Waals surface area contributed by atoms with Gasteiger partial charge in [0.2, 0.25) is 15.9 Å². The summed E-state index contributed by atoms with van der Waals surface area (Å²) in [5.74, 6) is -3.31. The number of nitrogens with zero attached hydrogens (tertiary/aromatic N) is 1. The van der Waals surface area contributed by atoms with Crippen molar-refractivity contribution in [1.82, 2.24) is 4.31 Å². The Morgan fingerprint density at radius 3 is 2.14 bits per heavy atom. The second-order valence-corrected chi connectivity index (χ2v) is 8.90. The summed E-state index contributed by atoms with van der Waals surface area (Å²) >= 11 is 0.386. The lowest BCUT2D eigenvalue weighted by molar-refractivity contribution is -0.116. The maximum atomic E-state index is 12.5. The van der Waals surface area contributed by atoms with Gasteiger partial charge in [0, 0.05) is 23.2 Å². The number of nitrogens with one attached hydrogen (secondary N) is 1. The Labute approximate surface area is 166 Å². The largest absolute Gasteiger partial charge is 0.325 e. The van der Waals surface area contributed by atoms with Crippen LogP contribution in [0.1, 0.15) is 17.3 Å². The lowest BCUT2D eigenvalue weighted by Gasteiger charge is -2.17. The fourth-order valence-corrected chi connectivity index (χ4v) is 3.88. The van der Waals surface area contributed by atoms with Crippen LogP contribution in [0.5, 0.6) is 0 Å². The molecule has 0 saturated carbocycles. The lowest BCUT2D eigenvalue weighted by Crippen LogP contribution is -2.35. The van der Waals surface area contributed by atoms with Crippen LogP contribution in [0.3, 0.4) is 0 Å². The zero-order valence-corrected chi connectivity index (χ0v) is 16.7. The molecule has 0 fully saturated rings. The first-order chi connectivity index (χ1) is 13.1. The van der Waals surface area contributed by atoms with Crippen molar-refractivity contribution in [1.29, 1.82) is 0 Å². The minimum atomic E-state index is -3.91. The van der Waals surface area contributed by atoms with Gasteiger partial charge in [0.15, 0.2) is 5.78 Å². The number of ketones is 1. The van der Waals surface area contributed by atoms with E-state index in [1.807, 2.05) is 0 Å². The van der Waals surface area contributed by atoms with Crippen molar-refractivity contribution in [3.63, 3.8) is 0 Å². The van der Waals surface area contributed by atoms with Crippen LogP contribution in [0, 0.1) is 0 Å². The molecule has 6 nitrogen and oxygen atoms in total. The van der Waals surface area contributed by atoms with Crippen LogP contribution in [0.15, 0.2) is 58.3 Å². The summed E-state index contributed by atoms with van der Waals surface area (Å²) in [7, 11) is -2.65. The SMILES string of the molecule is CC(=O)c1ccc(S(=O)(=O)N(C)CC(=O)Nc2ccc(SC(F)F)cc2)cc1. The third kappa shape index (κ3) is 5.85. The summed E-state index contributed by atoms with van der Waals surface area (Å²) in [6.45, 7) is 0.934. The monoisotopic (exact) mass is 428 g/mol. The minimum Gasteiger partial charge on any atom is -0.325 e. The van der Waals surface area contributed by atoms with E-state index in [0.717, 1.165) is 4.31 Å². The fourth-order valence-electron chi connectivity index (χ4n) is 2.25. The summed E-state index contributed by atoms with van der Waals surface area (Å²) in [5, 5.41) is 2.51. The van der Waals surface area contributed by atoms with E-state index in [4.69, 9.17) is 0 Å². The molecule has 0 heterocycles. The number of likely N-dealkylation sites (N-methyl/N-ethyl adjacent to an activating group) is 1. The lowest BCUT2D eigenvalue weighted by atomic mass is 10.2. The van der Waals surface area contributed by atoms with E-state index in [0.29, 0.717) is 27.9 Å². The number of halogens is 2. The molecule has 0 atom stereocenters. The molecule has 0 unspecified atom stereocenters. The first kappa shape index (κ1) is 22.0. The molecular formula is C18H18F2N2O4S2. The molecule has 1 amide bonds. The van der Waals surface area contributed by atoms with E-state index in [9.17, 15) is 26.8 Å². The van der Waals surface area contributed by atoms with Crippen LogP contribution in [-0.2, 0) is 14.8 Å². The average Bonchev–Trinajstić information content (AvgIpc) is 2.62. The predicted molar refractivity (Wildman–Crippen MR) is 103 cm³/mol. The number of alkyl halides is 2. The molecule has 2 aromatic rings. The van der Waals surface area contributed by atoms with Crippen LogP contribution < -0.4 is 5.32 Å². The summed E-state index contributed by atoms with van der Waals surface area (Å²) < 4.78 is 50.6. The Morgan fingerprint density at radius 2 is 1.64 bits per heavy atom. The number of Topliss-reactive ketones (excluding diaryl/α,β-unsaturated/α-hetero) is 1. The van der Waals surface area contributed by atoms with E-state index >= 15 is 0 Å². The van der Waals surface area contributed by atoms with E-state index in [1.54, 1.807) is 0 Å². The van der Waals surface area contributed by atoms with Gasteiger partial charge in [0.1, 0.15) is 0 Å². The summed E-state index contributed by atoms with van der Waals surface area (Å²) in [6.07, 6.45) is 0. The molecule has 0 saturated heterocycles. The van der Waals surface area contributed by atoms with E-state index in [2.05, 4.69) is 5.32 Å². The quantitative estimate of drug-likeness (QED) is 0.514. The Kier molecular flexibility index (Phi) is 7.28. The number of thioether (sulfide) groups is 1. The van der Waals surface area contributed by atoms with Crippen LogP contribution in [0.2, 0.25) is 0 Å². The van der Waals surface area contributed by atoms with Crippen LogP contribution in [-0.4, -0.2) is 43.8 Å². The van der Waals surface area contributed by atoms with Crippen LogP contribution in [0.4, 0.5) is 14.5 Å². The molecule has 150 valence electrons. The van der Waals surface area contributed by atoms with Gasteiger partial charge < -0.3 is 5.32 Å². The Morgan fingerprint density at radius 1 is 1.07 bits per heavy atom. The molecule has 0 radical (unpaired) electrons. The van der Waals surface area contributed by atoms with Gasteiger partial charge in [0.05, 0.1) is 11.4 Å². The van der Waals surface area contributed by atoms with Crippen LogP contribution in [0.25, 0.3) is 0 Å². The molecule has 0 aliphatic heterocycles. The zero-order valence-electron chi connectivity index (χ0n) is 15.1. The number of benzene rings is 2. The topological polar surface area (TPSA) is 83.6 Å². The minimum absolute atomic E-state index is 0.0406. The maximum Gasteiger partial charge on any atom is 0.288 e. The number of rotatable bonds is 8. The number of sulfonamides is 1. The van der Waals surface area contributed by atoms with E-state index in [-0.39, 0.29) is 10.7 Å². The molecule has 0 spiro atoms. The number of carbonyl (C=O) groups is 2. The maximum absolute atomic E-state index is 12.5. The molecular weight excluding hydrogens is 410 g/mol. The van der Waals surface area contributed by atoms with Gasteiger partial charge in [-0.05, 0) is 43.3 Å². The van der Waals surface area contributed by atoms with Crippen molar-refractivity contribution in [2.24, 2.45) is 0 Å². The van der Waals surface area contributed by atoms with Gasteiger partial charge in [-0.1, -0.05) is 23.9 Å². The second kappa shape index (κ2) is 9.26. The van der Waals surface area contributed by atoms with E-state index < -0.39 is 28.2 Å². The molecule has 1 N–H and O–H groups in total. The Bertz CT molecular complexity index is 947. The molecule has 2 rings (SSSR count). The van der Waals surface area contributed by atoms with Crippen molar-refractivity contribution >= 4 is 39.2 Å². The third-order valence-electron chi connectivity index (χ3n) is 3.70. The Balaban J connectivity index is 2.01. The number of hydrogen-bond donors (Lipinski definition) is 1. The number of carbonyl (C=O) groups excluding carboxylic acids is 2. The zero-order chi connectivity index (χ0) is 20.9. The number of anilines is 1. The van der Waals surface area contributed by atoms with E-state index in [1.165, 1.54) is 62.5 Å². The summed E-state index contributed by atoms with van der Waals surface area (Å²) in [6, 6.07) is 11.2. The molecule has 0 aliphatic carbocycles. The molecule has 0 aliphatic rings. The van der Waals surface area contributed by atoms with Gasteiger partial charge in [-0.25, -0.2) is 8.42 Å². The van der Waals surface area contributed by atoms with Gasteiger partial charge in [-0.15, -0.1) is 0 Å². The summed E-state index contributed by atoms with van der Waals surface area (Å²) in [5.41, 5.74) is 0.744. The smallest absolute Gasteiger partial charge is 0.288 e. The standard InChI is InChI=1S/C18H18F2N2O4S2/c1-12(23)13-3-9-16(10-4-13)28(25,26)22(2)11-17(24)21-14-5-7-15(8-6-14)27-18(19)20/h3-10,18H,11H2,1-2H3,(H,21,24). The molecule has 0 bridgehead atoms. The predicted octanol–water partition coefficient (Wildman–Crippen LogP) is 3.46. The van der Waals surface area contributed by atoms with Crippen molar-refractivity contribution in [3.05, 3.63) is 54.1 Å². The fraction of sp³-hybridized carbons (Fsp3) is 0.222. The van der Waals surface area contributed by atoms with Crippen molar-refractivity contribution in [2.75, 3.05) is 18.9 Å². The molecule has 28 heavy (non-hydrogen) atoms. The molecule has 2 aromatic carbocycles. The summed E-state index contributed by atoms with van der Waals surface area (Å²) in [4.78, 5) is 23.7. The van der Waals surface area contributed by atoms with Crippen molar-refractivity contribution < 1.29 is 26.8 Å². The highest BCUT2D eigenvalue weighted by Crippen LogP contribution is 2.26. The highest BCUT2D eigenvalue weighted by molar-refractivity contribution is 7.99. The molecule has 10 heteroatoms. The van der Waals surface area contributed by atoms with Crippen molar-refractivity contribution in [3.8, 4) is 0 Å². The van der Waals surface area contributed by atoms with Crippen LogP contribution >= 0.6 is 11.8 Å². The second-order valence-electron chi connectivity index (χ2n) is 5.79. The third-order valence-corrected chi connectivity index (χ3v) is 6.24. The highest BCUT2D eigenvalue weighted by atomic mass is 32.2. The number of amides is 1. The van der Waals surface area contributed by atoms with Gasteiger partial charge >= 0.3 is 0 Å². The van der Waals surface area contributed by atoms with Gasteiger partial charge in [0.25, 0.3) is 5.76 Å². The Hall–Kier alpha value is -2.30. The van der Waals surface area contributed by atoms with Gasteiger partial charge in [-0.3, -0.25) is 9.59 Å². The first-order valence-electron chi connectivity index (χ1n) is 8.01. The number of hydrogen-bond acceptors (Lipinski definition) is 5.